The Balaban J connectivity index is 2.93. The maximum atomic E-state index is 12.2. The normalized spacial score (nSPS) is 11.5. The minimum Gasteiger partial charge on any atom is -0.480 e. The first-order chi connectivity index (χ1) is 11.1. The molecule has 0 fully saturated rings. The molecule has 10 nitrogen and oxygen atoms in total. The second-order valence-electron chi connectivity index (χ2n) is 5.24. The van der Waals surface area contributed by atoms with E-state index in [1.54, 1.807) is 0 Å². The van der Waals surface area contributed by atoms with Crippen molar-refractivity contribution >= 4 is 27.4 Å². The summed E-state index contributed by atoms with van der Waals surface area (Å²) in [5.74, 6) is -1.19. The molecule has 0 unspecified atom stereocenters. The highest BCUT2D eigenvalue weighted by Gasteiger charge is 2.21. The van der Waals surface area contributed by atoms with Crippen LogP contribution in [0.4, 0.5) is 11.4 Å². The van der Waals surface area contributed by atoms with E-state index in [2.05, 4.69) is 10.0 Å². The zero-order valence-electron chi connectivity index (χ0n) is 13.4. The van der Waals surface area contributed by atoms with Gasteiger partial charge in [-0.3, -0.25) is 14.9 Å². The number of nitrogens with zero attached hydrogens (tertiary/aromatic N) is 2. The van der Waals surface area contributed by atoms with Crippen LogP contribution in [0.5, 0.6) is 0 Å². The smallest absolute Gasteiger partial charge is 0.322 e. The van der Waals surface area contributed by atoms with Gasteiger partial charge in [0.2, 0.25) is 10.0 Å². The summed E-state index contributed by atoms with van der Waals surface area (Å²) >= 11 is 0. The third-order valence-electron chi connectivity index (χ3n) is 2.98. The van der Waals surface area contributed by atoms with Crippen LogP contribution in [0.1, 0.15) is 6.42 Å². The van der Waals surface area contributed by atoms with Gasteiger partial charge in [0.25, 0.3) is 5.69 Å². The summed E-state index contributed by atoms with van der Waals surface area (Å²) < 4.78 is 26.7. The van der Waals surface area contributed by atoms with Gasteiger partial charge in [0, 0.05) is 12.6 Å². The van der Waals surface area contributed by atoms with E-state index in [-0.39, 0.29) is 17.1 Å². The first-order valence-electron chi connectivity index (χ1n) is 7.02. The molecule has 1 aromatic carbocycles. The van der Waals surface area contributed by atoms with Crippen molar-refractivity contribution in [3.63, 3.8) is 0 Å². The van der Waals surface area contributed by atoms with Crippen LogP contribution in [0, 0.1) is 10.1 Å². The van der Waals surface area contributed by atoms with Crippen molar-refractivity contribution in [1.29, 1.82) is 0 Å². The number of hydrogen-bond donors (Lipinski definition) is 3. The van der Waals surface area contributed by atoms with E-state index in [0.29, 0.717) is 13.0 Å². The van der Waals surface area contributed by atoms with Gasteiger partial charge in [-0.2, -0.15) is 0 Å². The van der Waals surface area contributed by atoms with Crippen LogP contribution in [-0.2, 0) is 14.8 Å². The molecule has 0 heterocycles. The van der Waals surface area contributed by atoms with Gasteiger partial charge in [0.1, 0.15) is 12.2 Å². The Morgan fingerprint density at radius 1 is 1.38 bits per heavy atom. The third-order valence-corrected chi connectivity index (χ3v) is 4.44. The van der Waals surface area contributed by atoms with Gasteiger partial charge in [-0.15, -0.1) is 0 Å². The molecule has 134 valence electrons. The summed E-state index contributed by atoms with van der Waals surface area (Å²) in [6.45, 7) is 0.379. The number of sulfonamides is 1. The number of carboxylic acids is 1. The summed E-state index contributed by atoms with van der Waals surface area (Å²) in [4.78, 5) is 22.5. The van der Waals surface area contributed by atoms with E-state index in [9.17, 15) is 23.3 Å². The maximum Gasteiger partial charge on any atom is 0.322 e. The number of nitro groups is 1. The minimum atomic E-state index is -3.88. The molecule has 0 saturated carbocycles. The Hall–Kier alpha value is -2.24. The molecular formula is C13H20N4O6S. The molecule has 0 aromatic heterocycles. The second-order valence-corrected chi connectivity index (χ2v) is 7.00. The van der Waals surface area contributed by atoms with Crippen molar-refractivity contribution in [3.05, 3.63) is 28.3 Å². The third kappa shape index (κ3) is 6.10. The van der Waals surface area contributed by atoms with Crippen LogP contribution in [0.15, 0.2) is 23.1 Å². The molecule has 24 heavy (non-hydrogen) atoms. The lowest BCUT2D eigenvalue weighted by Gasteiger charge is -2.11. The predicted molar refractivity (Wildman–Crippen MR) is 87.6 cm³/mol. The van der Waals surface area contributed by atoms with Crippen LogP contribution in [0.2, 0.25) is 0 Å². The van der Waals surface area contributed by atoms with Crippen molar-refractivity contribution in [2.75, 3.05) is 39.0 Å². The average molecular weight is 360 g/mol. The fourth-order valence-corrected chi connectivity index (χ4v) is 2.93. The quantitative estimate of drug-likeness (QED) is 0.308. The number of aliphatic carboxylic acids is 1. The van der Waals surface area contributed by atoms with Crippen molar-refractivity contribution in [3.8, 4) is 0 Å². The standard InChI is InChI=1S/C13H20N4O6S/c1-16(2)7-3-6-15-24(22,23)10-4-5-11(14-9-13(18)19)12(8-10)17(20)21/h4-5,8,14-15H,3,6-7,9H2,1-2H3,(H,18,19). The number of rotatable bonds is 10. The summed E-state index contributed by atoms with van der Waals surface area (Å²) in [5.41, 5.74) is -0.568. The molecule has 0 amide bonds. The number of carbonyl (C=O) groups is 1. The number of benzene rings is 1. The Labute approximate surface area is 139 Å². The molecular weight excluding hydrogens is 340 g/mol. The second kappa shape index (κ2) is 8.57. The maximum absolute atomic E-state index is 12.2. The van der Waals surface area contributed by atoms with E-state index in [0.717, 1.165) is 6.07 Å². The Morgan fingerprint density at radius 2 is 2.04 bits per heavy atom. The lowest BCUT2D eigenvalue weighted by Crippen LogP contribution is -2.27. The first kappa shape index (κ1) is 19.8. The Kier molecular flexibility index (Phi) is 7.07. The minimum absolute atomic E-state index is 0.0612. The van der Waals surface area contributed by atoms with Gasteiger partial charge in [-0.1, -0.05) is 0 Å². The fourth-order valence-electron chi connectivity index (χ4n) is 1.84. The van der Waals surface area contributed by atoms with Crippen LogP contribution >= 0.6 is 0 Å². The Bertz CT molecular complexity index is 704. The van der Waals surface area contributed by atoms with E-state index >= 15 is 0 Å². The molecule has 0 spiro atoms. The van der Waals surface area contributed by atoms with Gasteiger partial charge in [-0.05, 0) is 39.2 Å². The van der Waals surface area contributed by atoms with E-state index in [1.165, 1.54) is 12.1 Å². The lowest BCUT2D eigenvalue weighted by atomic mass is 10.2. The summed E-state index contributed by atoms with van der Waals surface area (Å²) in [7, 11) is -0.156. The number of nitrogens with one attached hydrogen (secondary N) is 2. The van der Waals surface area contributed by atoms with Crippen molar-refractivity contribution in [1.82, 2.24) is 9.62 Å². The lowest BCUT2D eigenvalue weighted by molar-refractivity contribution is -0.384. The van der Waals surface area contributed by atoms with Crippen LogP contribution in [0.3, 0.4) is 0 Å². The zero-order valence-corrected chi connectivity index (χ0v) is 14.2. The molecule has 0 bridgehead atoms. The molecule has 0 aliphatic rings. The van der Waals surface area contributed by atoms with Crippen LogP contribution in [0.25, 0.3) is 0 Å². The molecule has 1 aromatic rings. The molecule has 1 rings (SSSR count). The van der Waals surface area contributed by atoms with E-state index in [4.69, 9.17) is 5.11 Å². The predicted octanol–water partition coefficient (Wildman–Crippen LogP) is 0.321. The molecule has 0 atom stereocenters. The highest BCUT2D eigenvalue weighted by Crippen LogP contribution is 2.27. The monoisotopic (exact) mass is 360 g/mol. The van der Waals surface area contributed by atoms with E-state index < -0.39 is 33.1 Å². The van der Waals surface area contributed by atoms with Gasteiger partial charge >= 0.3 is 5.97 Å². The zero-order chi connectivity index (χ0) is 18.3. The largest absolute Gasteiger partial charge is 0.480 e. The summed E-state index contributed by atoms with van der Waals surface area (Å²) in [6, 6.07) is 3.26. The van der Waals surface area contributed by atoms with E-state index in [1.807, 2.05) is 19.0 Å². The number of nitro benzene ring substituents is 1. The highest BCUT2D eigenvalue weighted by molar-refractivity contribution is 7.89. The average Bonchev–Trinajstić information content (AvgIpc) is 2.49. The van der Waals surface area contributed by atoms with Crippen LogP contribution < -0.4 is 10.0 Å². The van der Waals surface area contributed by atoms with Crippen LogP contribution in [-0.4, -0.2) is 63.0 Å². The van der Waals surface area contributed by atoms with Crippen molar-refractivity contribution in [2.45, 2.75) is 11.3 Å². The fraction of sp³-hybridized carbons (Fsp3) is 0.462. The molecule has 0 aliphatic carbocycles. The van der Waals surface area contributed by atoms with Gasteiger partial charge in [0.15, 0.2) is 0 Å². The molecule has 0 radical (unpaired) electrons. The molecule has 3 N–H and O–H groups in total. The van der Waals surface area contributed by atoms with Gasteiger partial charge in [0.05, 0.1) is 9.82 Å². The van der Waals surface area contributed by atoms with Crippen molar-refractivity contribution in [2.24, 2.45) is 0 Å². The molecule has 11 heteroatoms. The number of anilines is 1. The number of hydrogen-bond acceptors (Lipinski definition) is 7. The highest BCUT2D eigenvalue weighted by atomic mass is 32.2. The van der Waals surface area contributed by atoms with Gasteiger partial charge in [-0.25, -0.2) is 13.1 Å². The molecule has 0 saturated heterocycles. The topological polar surface area (TPSA) is 142 Å². The SMILES string of the molecule is CN(C)CCCNS(=O)(=O)c1ccc(NCC(=O)O)c([N+](=O)[O-])c1. The van der Waals surface area contributed by atoms with Crippen molar-refractivity contribution < 1.29 is 23.2 Å². The summed E-state index contributed by atoms with van der Waals surface area (Å²) in [5, 5.41) is 22.1. The van der Waals surface area contributed by atoms with Gasteiger partial charge < -0.3 is 15.3 Å². The summed E-state index contributed by atoms with van der Waals surface area (Å²) in [6.07, 6.45) is 0.590. The molecule has 0 aliphatic heterocycles. The Morgan fingerprint density at radius 3 is 2.58 bits per heavy atom. The number of carboxylic acid groups (broad SMARTS) is 1. The first-order valence-corrected chi connectivity index (χ1v) is 8.50.